The zero-order valence-corrected chi connectivity index (χ0v) is 30.2. The summed E-state index contributed by atoms with van der Waals surface area (Å²) in [6.07, 6.45) is 4.94. The first-order valence-electron chi connectivity index (χ1n) is 16.5. The number of hydrogen-bond donors (Lipinski definition) is 1. The first kappa shape index (κ1) is 36.2. The summed E-state index contributed by atoms with van der Waals surface area (Å²) in [6, 6.07) is 18.7. The second-order valence-electron chi connectivity index (χ2n) is 11.3. The van der Waals surface area contributed by atoms with Crippen LogP contribution in [0.2, 0.25) is 5.02 Å². The summed E-state index contributed by atoms with van der Waals surface area (Å²) in [5, 5.41) is 21.2. The average molecular weight is 722 g/mol. The highest BCUT2D eigenvalue weighted by Gasteiger charge is 2.48. The number of rotatable bonds is 17. The quantitative estimate of drug-likeness (QED) is 0.0285. The first-order chi connectivity index (χ1) is 23.9. The van der Waals surface area contributed by atoms with Crippen LogP contribution in [0.5, 0.6) is 17.2 Å². The van der Waals surface area contributed by atoms with Crippen molar-refractivity contribution >= 4 is 57.3 Å². The molecule has 1 fully saturated rings. The lowest BCUT2D eigenvalue weighted by molar-refractivity contribution is -0.132. The van der Waals surface area contributed by atoms with Gasteiger partial charge in [-0.2, -0.15) is 0 Å². The summed E-state index contributed by atoms with van der Waals surface area (Å²) in [4.78, 5) is 28.9. The maximum Gasteiger partial charge on any atom is 0.301 e. The maximum atomic E-state index is 13.8. The number of ether oxygens (including phenoxy) is 3. The summed E-state index contributed by atoms with van der Waals surface area (Å²) < 4.78 is 18.4. The van der Waals surface area contributed by atoms with E-state index in [1.165, 1.54) is 28.0 Å². The summed E-state index contributed by atoms with van der Waals surface area (Å²) in [6.45, 7) is 7.58. The average Bonchev–Trinajstić information content (AvgIpc) is 3.68. The molecule has 1 aliphatic rings. The topological polar surface area (TPSA) is 111 Å². The van der Waals surface area contributed by atoms with Gasteiger partial charge in [0, 0.05) is 16.3 Å². The van der Waals surface area contributed by atoms with Gasteiger partial charge in [0.1, 0.15) is 11.5 Å². The van der Waals surface area contributed by atoms with Gasteiger partial charge in [0.15, 0.2) is 15.8 Å². The number of nitrogens with zero attached hydrogens (tertiary/aromatic N) is 3. The van der Waals surface area contributed by atoms with Crippen LogP contribution in [0.15, 0.2) is 76.6 Å². The third-order valence-electron chi connectivity index (χ3n) is 7.84. The first-order valence-corrected chi connectivity index (χ1v) is 18.7. The Balaban J connectivity index is 1.53. The van der Waals surface area contributed by atoms with Gasteiger partial charge in [0.05, 0.1) is 31.4 Å². The molecule has 1 unspecified atom stereocenters. The van der Waals surface area contributed by atoms with Crippen molar-refractivity contribution in [3.8, 4) is 17.2 Å². The number of carbonyl (C=O) groups is 2. The summed E-state index contributed by atoms with van der Waals surface area (Å²) >= 11 is 8.97. The van der Waals surface area contributed by atoms with E-state index in [1.807, 2.05) is 31.2 Å². The molecular weight excluding hydrogens is 682 g/mol. The SMILES string of the molecule is CCCCCOc1ccc(C2/C(=C(\O)c3ccc(OCCCC)cc3)C(=O)C(=O)N2c2nnc(SCc3ccccc3Cl)s2)cc1OCC. The number of unbranched alkanes of at least 4 members (excludes halogenated alkanes) is 3. The van der Waals surface area contributed by atoms with Crippen molar-refractivity contribution in [1.82, 2.24) is 10.2 Å². The monoisotopic (exact) mass is 721 g/mol. The minimum atomic E-state index is -1.01. The Labute approximate surface area is 300 Å². The molecule has 4 aromatic rings. The predicted molar refractivity (Wildman–Crippen MR) is 195 cm³/mol. The van der Waals surface area contributed by atoms with Crippen LogP contribution < -0.4 is 19.1 Å². The molecule has 1 atom stereocenters. The molecule has 2 heterocycles. The number of carbonyl (C=O) groups excluding carboxylic acids is 2. The molecule has 0 bridgehead atoms. The molecule has 258 valence electrons. The van der Waals surface area contributed by atoms with E-state index in [2.05, 4.69) is 24.0 Å². The summed E-state index contributed by atoms with van der Waals surface area (Å²) in [7, 11) is 0. The van der Waals surface area contributed by atoms with Gasteiger partial charge in [-0.1, -0.05) is 92.1 Å². The van der Waals surface area contributed by atoms with Gasteiger partial charge >= 0.3 is 5.91 Å². The van der Waals surface area contributed by atoms with Crippen LogP contribution in [0.4, 0.5) is 5.13 Å². The van der Waals surface area contributed by atoms with Gasteiger partial charge in [0.2, 0.25) is 5.13 Å². The van der Waals surface area contributed by atoms with E-state index in [0.29, 0.717) is 63.3 Å². The maximum absolute atomic E-state index is 13.8. The van der Waals surface area contributed by atoms with Gasteiger partial charge < -0.3 is 19.3 Å². The van der Waals surface area contributed by atoms with Crippen molar-refractivity contribution in [1.29, 1.82) is 0 Å². The Morgan fingerprint density at radius 1 is 0.898 bits per heavy atom. The fraction of sp³-hybridized carbons (Fsp3) is 0.351. The number of benzene rings is 3. The minimum absolute atomic E-state index is 0.0656. The van der Waals surface area contributed by atoms with Crippen LogP contribution in [-0.2, 0) is 15.3 Å². The van der Waals surface area contributed by atoms with Crippen molar-refractivity contribution in [2.75, 3.05) is 24.7 Å². The third-order valence-corrected chi connectivity index (χ3v) is 10.3. The fourth-order valence-electron chi connectivity index (χ4n) is 5.27. The summed E-state index contributed by atoms with van der Waals surface area (Å²) in [5.74, 6) is 0.281. The second-order valence-corrected chi connectivity index (χ2v) is 13.9. The predicted octanol–water partition coefficient (Wildman–Crippen LogP) is 9.26. The Morgan fingerprint density at radius 2 is 1.65 bits per heavy atom. The van der Waals surface area contributed by atoms with Crippen LogP contribution in [-0.4, -0.2) is 46.8 Å². The number of ketones is 1. The van der Waals surface area contributed by atoms with E-state index in [9.17, 15) is 14.7 Å². The van der Waals surface area contributed by atoms with E-state index in [-0.39, 0.29) is 16.5 Å². The number of hydrogen-bond acceptors (Lipinski definition) is 10. The molecule has 3 aromatic carbocycles. The molecule has 1 N–H and O–H groups in total. The Kier molecular flexibility index (Phi) is 13.0. The van der Waals surface area contributed by atoms with Crippen LogP contribution in [0.3, 0.4) is 0 Å². The zero-order valence-electron chi connectivity index (χ0n) is 27.8. The molecular formula is C37H40ClN3O6S2. The number of halogens is 1. The van der Waals surface area contributed by atoms with Crippen LogP contribution in [0, 0.1) is 0 Å². The van der Waals surface area contributed by atoms with Gasteiger partial charge in [-0.3, -0.25) is 14.5 Å². The van der Waals surface area contributed by atoms with Crippen molar-refractivity contribution < 1.29 is 28.9 Å². The molecule has 0 saturated carbocycles. The highest BCUT2D eigenvalue weighted by atomic mass is 35.5. The number of aliphatic hydroxyl groups excluding tert-OH is 1. The van der Waals surface area contributed by atoms with Gasteiger partial charge in [-0.15, -0.1) is 10.2 Å². The number of amides is 1. The molecule has 1 aromatic heterocycles. The summed E-state index contributed by atoms with van der Waals surface area (Å²) in [5.41, 5.74) is 1.79. The molecule has 9 nitrogen and oxygen atoms in total. The molecule has 5 rings (SSSR count). The lowest BCUT2D eigenvalue weighted by Gasteiger charge is -2.23. The third kappa shape index (κ3) is 8.76. The molecule has 1 aliphatic heterocycles. The van der Waals surface area contributed by atoms with E-state index < -0.39 is 17.7 Å². The van der Waals surface area contributed by atoms with E-state index in [4.69, 9.17) is 25.8 Å². The molecule has 1 amide bonds. The Morgan fingerprint density at radius 3 is 2.39 bits per heavy atom. The molecule has 49 heavy (non-hydrogen) atoms. The van der Waals surface area contributed by atoms with Gasteiger partial charge in [-0.05, 0) is 73.4 Å². The fourth-order valence-corrected chi connectivity index (χ4v) is 7.43. The van der Waals surface area contributed by atoms with Crippen molar-refractivity contribution in [3.05, 3.63) is 94.0 Å². The van der Waals surface area contributed by atoms with Crippen LogP contribution in [0.1, 0.15) is 75.6 Å². The molecule has 0 spiro atoms. The number of thioether (sulfide) groups is 1. The molecule has 0 aliphatic carbocycles. The van der Waals surface area contributed by atoms with E-state index >= 15 is 0 Å². The minimum Gasteiger partial charge on any atom is -0.507 e. The molecule has 0 radical (unpaired) electrons. The zero-order chi connectivity index (χ0) is 34.8. The van der Waals surface area contributed by atoms with Crippen LogP contribution >= 0.6 is 34.7 Å². The number of Topliss-reactive ketones (excluding diaryl/α,β-unsaturated/α-hetero) is 1. The number of aliphatic hydroxyl groups is 1. The largest absolute Gasteiger partial charge is 0.507 e. The van der Waals surface area contributed by atoms with Gasteiger partial charge in [-0.25, -0.2) is 0 Å². The van der Waals surface area contributed by atoms with Crippen molar-refractivity contribution in [2.45, 2.75) is 69.0 Å². The lowest BCUT2D eigenvalue weighted by atomic mass is 9.95. The normalized spacial score (nSPS) is 15.5. The van der Waals surface area contributed by atoms with Crippen molar-refractivity contribution in [3.63, 3.8) is 0 Å². The standard InChI is InChI=1S/C37H40ClN3O6S2/c1-4-7-11-21-47-29-19-16-25(22-30(29)45-6-3)32-31(33(42)24-14-17-27(18-15-24)46-20-8-5-2)34(43)35(44)41(32)36-39-40-37(49-36)48-23-26-12-9-10-13-28(26)38/h9-10,12-19,22,32,42H,4-8,11,20-21,23H2,1-3H3/b33-31+. The van der Waals surface area contributed by atoms with Crippen molar-refractivity contribution in [2.24, 2.45) is 0 Å². The number of aromatic nitrogens is 2. The van der Waals surface area contributed by atoms with Gasteiger partial charge in [0.25, 0.3) is 5.78 Å². The number of anilines is 1. The Hall–Kier alpha value is -4.06. The smallest absolute Gasteiger partial charge is 0.301 e. The Bertz CT molecular complexity index is 1780. The molecule has 1 saturated heterocycles. The highest BCUT2D eigenvalue weighted by molar-refractivity contribution is 8.00. The van der Waals surface area contributed by atoms with Crippen LogP contribution in [0.25, 0.3) is 5.76 Å². The van der Waals surface area contributed by atoms with E-state index in [1.54, 1.807) is 42.5 Å². The molecule has 12 heteroatoms. The second kappa shape index (κ2) is 17.6. The van der Waals surface area contributed by atoms with E-state index in [0.717, 1.165) is 37.7 Å². The lowest BCUT2D eigenvalue weighted by Crippen LogP contribution is -2.29. The highest BCUT2D eigenvalue weighted by Crippen LogP contribution is 2.46.